The molecule has 0 spiro atoms. The zero-order valence-corrected chi connectivity index (χ0v) is 12.9. The van der Waals surface area contributed by atoms with Gasteiger partial charge in [-0.05, 0) is 59.9 Å². The van der Waals surface area contributed by atoms with Gasteiger partial charge in [0, 0.05) is 18.6 Å². The Morgan fingerprint density at radius 1 is 1.17 bits per heavy atom. The van der Waals surface area contributed by atoms with Crippen LogP contribution in [0.5, 0.6) is 0 Å². The zero-order chi connectivity index (χ0) is 13.4. The van der Waals surface area contributed by atoms with Gasteiger partial charge < -0.3 is 10.2 Å². The van der Waals surface area contributed by atoms with Crippen molar-refractivity contribution in [1.82, 2.24) is 15.1 Å². The first-order chi connectivity index (χ1) is 8.63. The number of hydrogen-bond donors (Lipinski definition) is 1. The second-order valence-corrected chi connectivity index (χ2v) is 6.02. The molecule has 0 aromatic rings. The molecule has 3 heteroatoms. The first-order valence-electron chi connectivity index (χ1n) is 7.75. The molecule has 108 valence electrons. The molecule has 3 nitrogen and oxygen atoms in total. The minimum absolute atomic E-state index is 0.665. The van der Waals surface area contributed by atoms with Crippen molar-refractivity contribution in [2.75, 3.05) is 40.3 Å². The van der Waals surface area contributed by atoms with Crippen molar-refractivity contribution >= 4 is 0 Å². The molecule has 1 atom stereocenters. The van der Waals surface area contributed by atoms with Crippen LogP contribution in [-0.4, -0.2) is 62.2 Å². The van der Waals surface area contributed by atoms with Crippen LogP contribution in [0.2, 0.25) is 0 Å². The van der Waals surface area contributed by atoms with E-state index in [2.05, 4.69) is 43.1 Å². The van der Waals surface area contributed by atoms with Gasteiger partial charge in [-0.3, -0.25) is 4.90 Å². The summed E-state index contributed by atoms with van der Waals surface area (Å²) in [5.74, 6) is 0. The lowest BCUT2D eigenvalue weighted by Gasteiger charge is -2.29. The van der Waals surface area contributed by atoms with E-state index in [1.807, 2.05) is 0 Å². The van der Waals surface area contributed by atoms with Crippen LogP contribution in [0.4, 0.5) is 0 Å². The Labute approximate surface area is 114 Å². The van der Waals surface area contributed by atoms with Gasteiger partial charge in [-0.2, -0.15) is 0 Å². The second-order valence-electron chi connectivity index (χ2n) is 6.02. The molecule has 0 heterocycles. The second kappa shape index (κ2) is 8.89. The lowest BCUT2D eigenvalue weighted by molar-refractivity contribution is 0.200. The SMILES string of the molecule is CCN(CCCN(C)C)C(C)CNC1CCCC1. The van der Waals surface area contributed by atoms with Crippen molar-refractivity contribution < 1.29 is 0 Å². The largest absolute Gasteiger partial charge is 0.312 e. The molecule has 18 heavy (non-hydrogen) atoms. The standard InChI is InChI=1S/C15H33N3/c1-5-18(12-8-11-17(3)4)14(2)13-16-15-9-6-7-10-15/h14-16H,5-13H2,1-4H3. The maximum atomic E-state index is 3.74. The Morgan fingerprint density at radius 2 is 1.83 bits per heavy atom. The predicted molar refractivity (Wildman–Crippen MR) is 80.1 cm³/mol. The minimum atomic E-state index is 0.665. The summed E-state index contributed by atoms with van der Waals surface area (Å²) in [4.78, 5) is 4.88. The molecule has 0 bridgehead atoms. The lowest BCUT2D eigenvalue weighted by atomic mass is 10.2. The van der Waals surface area contributed by atoms with E-state index in [1.165, 1.54) is 51.7 Å². The third-order valence-corrected chi connectivity index (χ3v) is 4.14. The van der Waals surface area contributed by atoms with Gasteiger partial charge in [-0.25, -0.2) is 0 Å². The van der Waals surface area contributed by atoms with Crippen molar-refractivity contribution in [2.24, 2.45) is 0 Å². The smallest absolute Gasteiger partial charge is 0.0192 e. The van der Waals surface area contributed by atoms with Gasteiger partial charge in [-0.1, -0.05) is 19.8 Å². The molecular weight excluding hydrogens is 222 g/mol. The third-order valence-electron chi connectivity index (χ3n) is 4.14. The molecule has 1 unspecified atom stereocenters. The fraction of sp³-hybridized carbons (Fsp3) is 1.00. The molecule has 1 aliphatic carbocycles. The first kappa shape index (κ1) is 15.9. The van der Waals surface area contributed by atoms with Gasteiger partial charge in [0.15, 0.2) is 0 Å². The highest BCUT2D eigenvalue weighted by Gasteiger charge is 2.17. The average Bonchev–Trinajstić information content (AvgIpc) is 2.84. The van der Waals surface area contributed by atoms with Crippen LogP contribution < -0.4 is 5.32 Å². The fourth-order valence-electron chi connectivity index (χ4n) is 2.88. The van der Waals surface area contributed by atoms with Gasteiger partial charge in [-0.15, -0.1) is 0 Å². The van der Waals surface area contributed by atoms with Crippen LogP contribution in [-0.2, 0) is 0 Å². The summed E-state index contributed by atoms with van der Waals surface area (Å²) in [6, 6.07) is 1.46. The van der Waals surface area contributed by atoms with Crippen LogP contribution in [0.1, 0.15) is 46.0 Å². The molecule has 1 N–H and O–H groups in total. The van der Waals surface area contributed by atoms with Crippen LogP contribution in [0.25, 0.3) is 0 Å². The molecule has 0 aromatic heterocycles. The first-order valence-corrected chi connectivity index (χ1v) is 7.75. The Balaban J connectivity index is 2.16. The molecular formula is C15H33N3. The molecule has 0 radical (unpaired) electrons. The van der Waals surface area contributed by atoms with Crippen molar-refractivity contribution in [3.63, 3.8) is 0 Å². The van der Waals surface area contributed by atoms with Crippen LogP contribution in [0, 0.1) is 0 Å². The molecule has 1 saturated carbocycles. The van der Waals surface area contributed by atoms with Crippen molar-refractivity contribution in [3.05, 3.63) is 0 Å². The lowest BCUT2D eigenvalue weighted by Crippen LogP contribution is -2.43. The van der Waals surface area contributed by atoms with E-state index in [0.29, 0.717) is 6.04 Å². The van der Waals surface area contributed by atoms with E-state index in [4.69, 9.17) is 0 Å². The van der Waals surface area contributed by atoms with E-state index in [-0.39, 0.29) is 0 Å². The third kappa shape index (κ3) is 6.17. The molecule has 1 fully saturated rings. The number of nitrogens with zero attached hydrogens (tertiary/aromatic N) is 2. The Bertz CT molecular complexity index is 200. The number of rotatable bonds is 9. The highest BCUT2D eigenvalue weighted by atomic mass is 15.2. The molecule has 0 aromatic carbocycles. The van der Waals surface area contributed by atoms with Crippen LogP contribution in [0.3, 0.4) is 0 Å². The van der Waals surface area contributed by atoms with Crippen LogP contribution in [0.15, 0.2) is 0 Å². The molecule has 0 amide bonds. The minimum Gasteiger partial charge on any atom is -0.312 e. The van der Waals surface area contributed by atoms with Gasteiger partial charge in [0.2, 0.25) is 0 Å². The monoisotopic (exact) mass is 255 g/mol. The number of likely N-dealkylation sites (N-methyl/N-ethyl adjacent to an activating group) is 1. The summed E-state index contributed by atoms with van der Waals surface area (Å²) in [5.41, 5.74) is 0. The maximum absolute atomic E-state index is 3.74. The predicted octanol–water partition coefficient (Wildman–Crippen LogP) is 2.18. The zero-order valence-electron chi connectivity index (χ0n) is 12.9. The Hall–Kier alpha value is -0.120. The summed E-state index contributed by atoms with van der Waals surface area (Å²) in [7, 11) is 4.31. The summed E-state index contributed by atoms with van der Waals surface area (Å²) in [6.45, 7) is 9.38. The van der Waals surface area contributed by atoms with E-state index in [9.17, 15) is 0 Å². The summed E-state index contributed by atoms with van der Waals surface area (Å²) >= 11 is 0. The maximum Gasteiger partial charge on any atom is 0.0192 e. The summed E-state index contributed by atoms with van der Waals surface area (Å²) in [5, 5.41) is 3.74. The van der Waals surface area contributed by atoms with Gasteiger partial charge in [0.05, 0.1) is 0 Å². The van der Waals surface area contributed by atoms with Crippen LogP contribution >= 0.6 is 0 Å². The molecule has 1 rings (SSSR count). The fourth-order valence-corrected chi connectivity index (χ4v) is 2.88. The van der Waals surface area contributed by atoms with Gasteiger partial charge in [0.1, 0.15) is 0 Å². The number of nitrogens with one attached hydrogen (secondary N) is 1. The summed E-state index contributed by atoms with van der Waals surface area (Å²) < 4.78 is 0. The Morgan fingerprint density at radius 3 is 2.39 bits per heavy atom. The highest BCUT2D eigenvalue weighted by Crippen LogP contribution is 2.17. The Kier molecular flexibility index (Phi) is 7.87. The van der Waals surface area contributed by atoms with Gasteiger partial charge >= 0.3 is 0 Å². The molecule has 0 saturated heterocycles. The van der Waals surface area contributed by atoms with Crippen molar-refractivity contribution in [2.45, 2.75) is 58.0 Å². The highest BCUT2D eigenvalue weighted by molar-refractivity contribution is 4.77. The average molecular weight is 255 g/mol. The van der Waals surface area contributed by atoms with Crippen molar-refractivity contribution in [1.29, 1.82) is 0 Å². The van der Waals surface area contributed by atoms with Gasteiger partial charge in [0.25, 0.3) is 0 Å². The van der Waals surface area contributed by atoms with E-state index < -0.39 is 0 Å². The van der Waals surface area contributed by atoms with E-state index in [0.717, 1.165) is 12.6 Å². The quantitative estimate of drug-likeness (QED) is 0.681. The molecule has 1 aliphatic rings. The van der Waals surface area contributed by atoms with E-state index in [1.54, 1.807) is 0 Å². The normalized spacial score (nSPS) is 19.0. The molecule has 0 aliphatic heterocycles. The summed E-state index contributed by atoms with van der Waals surface area (Å²) in [6.07, 6.45) is 6.90. The van der Waals surface area contributed by atoms with E-state index >= 15 is 0 Å². The number of hydrogen-bond acceptors (Lipinski definition) is 3. The topological polar surface area (TPSA) is 18.5 Å². The van der Waals surface area contributed by atoms with Crippen molar-refractivity contribution in [3.8, 4) is 0 Å².